The molecule has 0 aliphatic heterocycles. The van der Waals surface area contributed by atoms with E-state index < -0.39 is 23.7 Å². The number of aryl methyl sites for hydroxylation is 1. The summed E-state index contributed by atoms with van der Waals surface area (Å²) in [5, 5.41) is 0. The summed E-state index contributed by atoms with van der Waals surface area (Å²) in [7, 11) is 0. The first kappa shape index (κ1) is 12.8. The summed E-state index contributed by atoms with van der Waals surface area (Å²) in [5.74, 6) is 0. The van der Waals surface area contributed by atoms with Crippen molar-refractivity contribution in [3.8, 4) is 0 Å². The smallest absolute Gasteiger partial charge is 0.325 e. The molecular weight excluding hydrogens is 231 g/mol. The molecule has 0 aliphatic carbocycles. The maximum atomic E-state index is 12.5. The van der Waals surface area contributed by atoms with E-state index in [2.05, 4.69) is 4.98 Å². The summed E-state index contributed by atoms with van der Waals surface area (Å²) in [6.07, 6.45) is -7.71. The van der Waals surface area contributed by atoms with Gasteiger partial charge < -0.3 is 5.73 Å². The Balaban J connectivity index is 3.39. The van der Waals surface area contributed by atoms with Gasteiger partial charge in [-0.2, -0.15) is 13.2 Å². The van der Waals surface area contributed by atoms with Crippen molar-refractivity contribution in [2.24, 2.45) is 5.73 Å². The maximum Gasteiger partial charge on any atom is 0.418 e. The van der Waals surface area contributed by atoms with E-state index in [-0.39, 0.29) is 17.9 Å². The zero-order valence-electron chi connectivity index (χ0n) is 8.28. The Morgan fingerprint density at radius 1 is 1.38 bits per heavy atom. The average Bonchev–Trinajstić information content (AvgIpc) is 2.14. The molecule has 0 fully saturated rings. The molecule has 16 heavy (non-hydrogen) atoms. The Morgan fingerprint density at radius 3 is 2.31 bits per heavy atom. The van der Waals surface area contributed by atoms with Gasteiger partial charge in [0.15, 0.2) is 0 Å². The molecule has 1 rings (SSSR count). The van der Waals surface area contributed by atoms with Crippen LogP contribution in [0.25, 0.3) is 0 Å². The summed E-state index contributed by atoms with van der Waals surface area (Å²) >= 11 is 0. The van der Waals surface area contributed by atoms with Gasteiger partial charge in [-0.3, -0.25) is 4.98 Å². The molecule has 0 radical (unpaired) electrons. The van der Waals surface area contributed by atoms with Crippen molar-refractivity contribution in [2.45, 2.75) is 26.1 Å². The van der Waals surface area contributed by atoms with E-state index in [0.717, 1.165) is 6.92 Å². The summed E-state index contributed by atoms with van der Waals surface area (Å²) in [6.45, 7) is 0.788. The predicted molar refractivity (Wildman–Crippen MR) is 46.8 cm³/mol. The van der Waals surface area contributed by atoms with Gasteiger partial charge in [-0.25, -0.2) is 8.78 Å². The average molecular weight is 240 g/mol. The normalized spacial score (nSPS) is 12.2. The standard InChI is InChI=1S/C9H9F5N2/c1-4-6(9(12,13)14)2-5(8(10)11)7(3-15)16-4/h2,8H,3,15H2,1H3. The lowest BCUT2D eigenvalue weighted by molar-refractivity contribution is -0.138. The number of rotatable bonds is 2. The highest BCUT2D eigenvalue weighted by Crippen LogP contribution is 2.34. The minimum Gasteiger partial charge on any atom is -0.325 e. The largest absolute Gasteiger partial charge is 0.418 e. The number of nitrogens with zero attached hydrogens (tertiary/aromatic N) is 1. The molecule has 2 N–H and O–H groups in total. The Bertz CT molecular complexity index is 386. The van der Waals surface area contributed by atoms with Crippen LogP contribution in [0.3, 0.4) is 0 Å². The summed E-state index contributed by atoms with van der Waals surface area (Å²) in [4.78, 5) is 3.45. The minimum absolute atomic E-state index is 0.208. The topological polar surface area (TPSA) is 38.9 Å². The summed E-state index contributed by atoms with van der Waals surface area (Å²) < 4.78 is 62.1. The summed E-state index contributed by atoms with van der Waals surface area (Å²) in [5.41, 5.74) is 2.67. The van der Waals surface area contributed by atoms with Crippen LogP contribution in [0.4, 0.5) is 22.0 Å². The maximum absolute atomic E-state index is 12.5. The molecule has 0 aliphatic rings. The quantitative estimate of drug-likeness (QED) is 0.807. The van der Waals surface area contributed by atoms with Crippen molar-refractivity contribution in [2.75, 3.05) is 0 Å². The third-order valence-corrected chi connectivity index (χ3v) is 2.06. The lowest BCUT2D eigenvalue weighted by Crippen LogP contribution is -2.14. The third kappa shape index (κ3) is 2.46. The zero-order chi connectivity index (χ0) is 12.5. The molecule has 0 bridgehead atoms. The highest BCUT2D eigenvalue weighted by atomic mass is 19.4. The fourth-order valence-electron chi connectivity index (χ4n) is 1.31. The number of halogens is 5. The van der Waals surface area contributed by atoms with Crippen molar-refractivity contribution >= 4 is 0 Å². The number of pyridine rings is 1. The van der Waals surface area contributed by atoms with Crippen LogP contribution in [0.2, 0.25) is 0 Å². The van der Waals surface area contributed by atoms with Crippen molar-refractivity contribution in [1.82, 2.24) is 4.98 Å². The Labute approximate surface area is 88.3 Å². The first-order valence-corrected chi connectivity index (χ1v) is 4.33. The van der Waals surface area contributed by atoms with Gasteiger partial charge in [-0.1, -0.05) is 0 Å². The first-order valence-electron chi connectivity index (χ1n) is 4.33. The number of aromatic nitrogens is 1. The molecule has 1 heterocycles. The molecule has 1 aromatic rings. The molecular formula is C9H9F5N2. The molecule has 0 saturated heterocycles. The van der Waals surface area contributed by atoms with Crippen molar-refractivity contribution < 1.29 is 22.0 Å². The van der Waals surface area contributed by atoms with Crippen LogP contribution in [-0.2, 0) is 12.7 Å². The van der Waals surface area contributed by atoms with Crippen molar-refractivity contribution in [1.29, 1.82) is 0 Å². The van der Waals surface area contributed by atoms with Gasteiger partial charge in [0, 0.05) is 17.8 Å². The van der Waals surface area contributed by atoms with Crippen LogP contribution in [-0.4, -0.2) is 4.98 Å². The van der Waals surface area contributed by atoms with Crippen molar-refractivity contribution in [3.05, 3.63) is 28.6 Å². The molecule has 0 saturated carbocycles. The van der Waals surface area contributed by atoms with E-state index in [9.17, 15) is 22.0 Å². The van der Waals surface area contributed by atoms with Crippen LogP contribution >= 0.6 is 0 Å². The monoisotopic (exact) mass is 240 g/mol. The Hall–Kier alpha value is -1.24. The molecule has 90 valence electrons. The van der Waals surface area contributed by atoms with Gasteiger partial charge in [0.25, 0.3) is 6.43 Å². The van der Waals surface area contributed by atoms with Gasteiger partial charge in [-0.05, 0) is 13.0 Å². The second-order valence-electron chi connectivity index (χ2n) is 3.16. The molecule has 0 atom stereocenters. The Morgan fingerprint density at radius 2 is 1.94 bits per heavy atom. The number of alkyl halides is 5. The van der Waals surface area contributed by atoms with Gasteiger partial charge in [-0.15, -0.1) is 0 Å². The molecule has 1 aromatic heterocycles. The Kier molecular flexibility index (Phi) is 3.47. The lowest BCUT2D eigenvalue weighted by atomic mass is 10.1. The van der Waals surface area contributed by atoms with Gasteiger partial charge >= 0.3 is 6.18 Å². The molecule has 7 heteroatoms. The highest BCUT2D eigenvalue weighted by Gasteiger charge is 2.34. The van der Waals surface area contributed by atoms with Gasteiger partial charge in [0.1, 0.15) is 0 Å². The SMILES string of the molecule is Cc1nc(CN)c(C(F)F)cc1C(F)(F)F. The molecule has 0 spiro atoms. The molecule has 0 aromatic carbocycles. The molecule has 0 unspecified atom stereocenters. The number of hydrogen-bond donors (Lipinski definition) is 1. The van der Waals surface area contributed by atoms with E-state index in [4.69, 9.17) is 5.73 Å². The number of nitrogens with two attached hydrogens (primary N) is 1. The third-order valence-electron chi connectivity index (χ3n) is 2.06. The summed E-state index contributed by atoms with van der Waals surface area (Å²) in [6, 6.07) is 0.412. The van der Waals surface area contributed by atoms with Crippen LogP contribution < -0.4 is 5.73 Å². The first-order chi connectivity index (χ1) is 7.27. The van der Waals surface area contributed by atoms with Crippen LogP contribution in [0.1, 0.15) is 28.9 Å². The van der Waals surface area contributed by atoms with Crippen LogP contribution in [0.5, 0.6) is 0 Å². The predicted octanol–water partition coefficient (Wildman–Crippen LogP) is 2.81. The zero-order valence-corrected chi connectivity index (χ0v) is 8.28. The fraction of sp³-hybridized carbons (Fsp3) is 0.444. The van der Waals surface area contributed by atoms with E-state index >= 15 is 0 Å². The van der Waals surface area contributed by atoms with E-state index in [0.29, 0.717) is 6.07 Å². The fourth-order valence-corrected chi connectivity index (χ4v) is 1.31. The lowest BCUT2D eigenvalue weighted by Gasteiger charge is -2.14. The second kappa shape index (κ2) is 4.32. The second-order valence-corrected chi connectivity index (χ2v) is 3.16. The van der Waals surface area contributed by atoms with E-state index in [1.165, 1.54) is 0 Å². The van der Waals surface area contributed by atoms with Crippen molar-refractivity contribution in [3.63, 3.8) is 0 Å². The van der Waals surface area contributed by atoms with Crippen LogP contribution in [0, 0.1) is 6.92 Å². The molecule has 0 amide bonds. The van der Waals surface area contributed by atoms with E-state index in [1.54, 1.807) is 0 Å². The van der Waals surface area contributed by atoms with Gasteiger partial charge in [0.2, 0.25) is 0 Å². The highest BCUT2D eigenvalue weighted by molar-refractivity contribution is 5.32. The number of hydrogen-bond acceptors (Lipinski definition) is 2. The minimum atomic E-state index is -4.69. The van der Waals surface area contributed by atoms with Gasteiger partial charge in [0.05, 0.1) is 11.3 Å². The van der Waals surface area contributed by atoms with Crippen LogP contribution in [0.15, 0.2) is 6.07 Å². The van der Waals surface area contributed by atoms with E-state index in [1.807, 2.05) is 0 Å². The molecule has 2 nitrogen and oxygen atoms in total.